The van der Waals surface area contributed by atoms with Crippen LogP contribution < -0.4 is 15.4 Å². The van der Waals surface area contributed by atoms with Gasteiger partial charge in [-0.2, -0.15) is 0 Å². The lowest BCUT2D eigenvalue weighted by atomic mass is 10.2. The van der Waals surface area contributed by atoms with Crippen LogP contribution in [0.3, 0.4) is 0 Å². The molecule has 0 atom stereocenters. The van der Waals surface area contributed by atoms with E-state index in [1.165, 1.54) is 6.92 Å². The summed E-state index contributed by atoms with van der Waals surface area (Å²) in [4.78, 5) is 34.5. The molecule has 2 N–H and O–H groups in total. The van der Waals surface area contributed by atoms with Crippen molar-refractivity contribution in [3.63, 3.8) is 0 Å². The summed E-state index contributed by atoms with van der Waals surface area (Å²) in [7, 11) is 0. The van der Waals surface area contributed by atoms with Crippen molar-refractivity contribution in [2.45, 2.75) is 13.3 Å². The summed E-state index contributed by atoms with van der Waals surface area (Å²) in [6, 6.07) is 15.8. The Labute approximate surface area is 151 Å². The topological polar surface area (TPSA) is 93.7 Å². The van der Waals surface area contributed by atoms with Crippen molar-refractivity contribution < 1.29 is 23.9 Å². The molecule has 136 valence electrons. The highest BCUT2D eigenvalue weighted by Gasteiger charge is 2.09. The van der Waals surface area contributed by atoms with Crippen LogP contribution in [0.15, 0.2) is 54.6 Å². The summed E-state index contributed by atoms with van der Waals surface area (Å²) in [6.07, 6.45) is 0.0419. The molecule has 0 fully saturated rings. The number of para-hydroxylation sites is 1. The third kappa shape index (κ3) is 7.04. The lowest BCUT2D eigenvalue weighted by Crippen LogP contribution is -2.21. The van der Waals surface area contributed by atoms with Crippen molar-refractivity contribution >= 4 is 29.2 Å². The number of amides is 2. The molecular weight excluding hydrogens is 336 g/mol. The van der Waals surface area contributed by atoms with Gasteiger partial charge in [-0.1, -0.05) is 24.3 Å². The van der Waals surface area contributed by atoms with Crippen molar-refractivity contribution in [3.8, 4) is 5.75 Å². The van der Waals surface area contributed by atoms with Gasteiger partial charge in [-0.3, -0.25) is 14.4 Å². The fourth-order valence-electron chi connectivity index (χ4n) is 2.06. The Morgan fingerprint density at radius 1 is 0.923 bits per heavy atom. The normalized spacial score (nSPS) is 9.88. The molecule has 0 heterocycles. The van der Waals surface area contributed by atoms with Crippen LogP contribution in [0.5, 0.6) is 5.75 Å². The first kappa shape index (κ1) is 19.0. The molecule has 0 aromatic heterocycles. The first-order valence-corrected chi connectivity index (χ1v) is 8.04. The minimum Gasteiger partial charge on any atom is -0.493 e. The predicted octanol–water partition coefficient (Wildman–Crippen LogP) is 2.60. The summed E-state index contributed by atoms with van der Waals surface area (Å²) < 4.78 is 10.3. The molecule has 7 heteroatoms. The van der Waals surface area contributed by atoms with Crippen LogP contribution in [0.4, 0.5) is 11.4 Å². The van der Waals surface area contributed by atoms with Gasteiger partial charge in [-0.05, 0) is 30.3 Å². The zero-order valence-corrected chi connectivity index (χ0v) is 14.4. The molecule has 7 nitrogen and oxygen atoms in total. The number of carbonyl (C=O) groups is 3. The molecule has 2 aromatic carbocycles. The van der Waals surface area contributed by atoms with Gasteiger partial charge in [0.05, 0.1) is 13.0 Å². The summed E-state index contributed by atoms with van der Waals surface area (Å²) >= 11 is 0. The molecule has 0 bridgehead atoms. The number of carbonyl (C=O) groups excluding carboxylic acids is 3. The molecule has 0 spiro atoms. The number of esters is 1. The number of benzene rings is 2. The van der Waals surface area contributed by atoms with Gasteiger partial charge >= 0.3 is 5.97 Å². The van der Waals surface area contributed by atoms with Crippen LogP contribution in [0, 0.1) is 0 Å². The van der Waals surface area contributed by atoms with E-state index in [1.54, 1.807) is 36.4 Å². The maximum absolute atomic E-state index is 11.8. The molecule has 2 rings (SSSR count). The molecule has 2 amide bonds. The highest BCUT2D eigenvalue weighted by molar-refractivity contribution is 5.94. The number of hydrogen-bond acceptors (Lipinski definition) is 5. The van der Waals surface area contributed by atoms with E-state index in [0.717, 1.165) is 0 Å². The van der Waals surface area contributed by atoms with Gasteiger partial charge in [0.1, 0.15) is 5.75 Å². The Kier molecular flexibility index (Phi) is 7.17. The Morgan fingerprint density at radius 3 is 2.31 bits per heavy atom. The van der Waals surface area contributed by atoms with E-state index in [1.807, 2.05) is 18.2 Å². The molecule has 26 heavy (non-hydrogen) atoms. The van der Waals surface area contributed by atoms with Gasteiger partial charge in [0.15, 0.2) is 6.61 Å². The summed E-state index contributed by atoms with van der Waals surface area (Å²) in [6.45, 7) is 1.17. The summed E-state index contributed by atoms with van der Waals surface area (Å²) in [5, 5.41) is 5.21. The number of ether oxygens (including phenoxy) is 2. The van der Waals surface area contributed by atoms with Gasteiger partial charge in [0.2, 0.25) is 5.91 Å². The van der Waals surface area contributed by atoms with Crippen molar-refractivity contribution in [1.29, 1.82) is 0 Å². The van der Waals surface area contributed by atoms with E-state index < -0.39 is 18.5 Å². The van der Waals surface area contributed by atoms with E-state index in [2.05, 4.69) is 10.6 Å². The van der Waals surface area contributed by atoms with Crippen molar-refractivity contribution in [2.75, 3.05) is 23.8 Å². The van der Waals surface area contributed by atoms with Crippen LogP contribution in [0.2, 0.25) is 0 Å². The standard InChI is InChI=1S/C19H20N2O5/c1-14(22)20-15-6-5-7-16(12-15)21-18(23)13-26-19(24)10-11-25-17-8-3-2-4-9-17/h2-9,12H,10-11,13H2,1H3,(H,20,22)(H,21,23). The Morgan fingerprint density at radius 2 is 1.62 bits per heavy atom. The molecule has 0 saturated carbocycles. The lowest BCUT2D eigenvalue weighted by molar-refractivity contribution is -0.147. The zero-order chi connectivity index (χ0) is 18.8. The predicted molar refractivity (Wildman–Crippen MR) is 96.9 cm³/mol. The Hall–Kier alpha value is -3.35. The third-order valence-corrected chi connectivity index (χ3v) is 3.15. The fourth-order valence-corrected chi connectivity index (χ4v) is 2.06. The van der Waals surface area contributed by atoms with E-state index in [9.17, 15) is 14.4 Å². The van der Waals surface area contributed by atoms with Gasteiger partial charge in [-0.25, -0.2) is 0 Å². The van der Waals surface area contributed by atoms with Crippen molar-refractivity contribution in [2.24, 2.45) is 0 Å². The maximum atomic E-state index is 11.8. The van der Waals surface area contributed by atoms with Crippen LogP contribution in [-0.2, 0) is 19.1 Å². The SMILES string of the molecule is CC(=O)Nc1cccc(NC(=O)COC(=O)CCOc2ccccc2)c1. The van der Waals surface area contributed by atoms with Gasteiger partial charge < -0.3 is 20.1 Å². The molecule has 0 saturated heterocycles. The highest BCUT2D eigenvalue weighted by atomic mass is 16.5. The van der Waals surface area contributed by atoms with Crippen molar-refractivity contribution in [1.82, 2.24) is 0 Å². The number of rotatable bonds is 8. The average molecular weight is 356 g/mol. The molecule has 0 unspecified atom stereocenters. The molecular formula is C19H20N2O5. The molecule has 0 aliphatic heterocycles. The Balaban J connectivity index is 1.69. The smallest absolute Gasteiger partial charge is 0.309 e. The quantitative estimate of drug-likeness (QED) is 0.709. The first-order valence-electron chi connectivity index (χ1n) is 8.04. The summed E-state index contributed by atoms with van der Waals surface area (Å²) in [5.74, 6) is -0.539. The molecule has 0 aliphatic rings. The average Bonchev–Trinajstić information content (AvgIpc) is 2.61. The second-order valence-electron chi connectivity index (χ2n) is 5.38. The van der Waals surface area contributed by atoms with Gasteiger partial charge in [0, 0.05) is 18.3 Å². The number of nitrogens with one attached hydrogen (secondary N) is 2. The van der Waals surface area contributed by atoms with E-state index in [4.69, 9.17) is 9.47 Å². The third-order valence-electron chi connectivity index (χ3n) is 3.15. The van der Waals surface area contributed by atoms with Crippen molar-refractivity contribution in [3.05, 3.63) is 54.6 Å². The van der Waals surface area contributed by atoms with Crippen LogP contribution in [0.1, 0.15) is 13.3 Å². The fraction of sp³-hybridized carbons (Fsp3) is 0.211. The minimum absolute atomic E-state index is 0.0419. The highest BCUT2D eigenvalue weighted by Crippen LogP contribution is 2.15. The molecule has 0 radical (unpaired) electrons. The monoisotopic (exact) mass is 356 g/mol. The van der Waals surface area contributed by atoms with Gasteiger partial charge in [-0.15, -0.1) is 0 Å². The molecule has 0 aliphatic carbocycles. The second-order valence-corrected chi connectivity index (χ2v) is 5.38. The van der Waals surface area contributed by atoms with Crippen LogP contribution in [-0.4, -0.2) is 31.0 Å². The van der Waals surface area contributed by atoms with Crippen LogP contribution >= 0.6 is 0 Å². The number of anilines is 2. The Bertz CT molecular complexity index is 762. The van der Waals surface area contributed by atoms with E-state index in [-0.39, 0.29) is 18.9 Å². The second kappa shape index (κ2) is 9.83. The summed E-state index contributed by atoms with van der Waals surface area (Å²) in [5.41, 5.74) is 1.05. The number of hydrogen-bond donors (Lipinski definition) is 2. The first-order chi connectivity index (χ1) is 12.5. The van der Waals surface area contributed by atoms with Crippen LogP contribution in [0.25, 0.3) is 0 Å². The van der Waals surface area contributed by atoms with Gasteiger partial charge in [0.25, 0.3) is 5.91 Å². The lowest BCUT2D eigenvalue weighted by Gasteiger charge is -2.09. The van der Waals surface area contributed by atoms with E-state index in [0.29, 0.717) is 17.1 Å². The zero-order valence-electron chi connectivity index (χ0n) is 14.4. The molecule has 2 aromatic rings. The largest absolute Gasteiger partial charge is 0.493 e. The van der Waals surface area contributed by atoms with E-state index >= 15 is 0 Å². The maximum Gasteiger partial charge on any atom is 0.309 e. The minimum atomic E-state index is -0.525.